The number of aryl methyl sites for hydroxylation is 1. The van der Waals surface area contributed by atoms with Gasteiger partial charge in [-0.15, -0.1) is 10.2 Å². The molecule has 6 heteroatoms. The molecule has 0 aliphatic carbocycles. The SMILES string of the molecule is Cc1nnc([C@H](C)N2CCC[C@@H]2Cn2cccn2)o1. The van der Waals surface area contributed by atoms with Gasteiger partial charge in [0.2, 0.25) is 11.8 Å². The number of aromatic nitrogens is 4. The van der Waals surface area contributed by atoms with E-state index in [0.717, 1.165) is 13.1 Å². The first-order valence-corrected chi connectivity index (χ1v) is 6.77. The second-order valence-corrected chi connectivity index (χ2v) is 5.10. The molecule has 102 valence electrons. The summed E-state index contributed by atoms with van der Waals surface area (Å²) < 4.78 is 7.55. The molecule has 0 radical (unpaired) electrons. The second kappa shape index (κ2) is 5.13. The Hall–Kier alpha value is -1.69. The van der Waals surface area contributed by atoms with Crippen molar-refractivity contribution < 1.29 is 4.42 Å². The van der Waals surface area contributed by atoms with Gasteiger partial charge in [0.15, 0.2) is 0 Å². The molecule has 2 aromatic heterocycles. The van der Waals surface area contributed by atoms with Crippen molar-refractivity contribution in [2.75, 3.05) is 6.54 Å². The molecule has 0 amide bonds. The maximum atomic E-state index is 5.55. The van der Waals surface area contributed by atoms with Gasteiger partial charge in [-0.05, 0) is 32.4 Å². The van der Waals surface area contributed by atoms with Crippen molar-refractivity contribution in [3.8, 4) is 0 Å². The predicted octanol–water partition coefficient (Wildman–Crippen LogP) is 1.80. The van der Waals surface area contributed by atoms with Crippen molar-refractivity contribution in [2.24, 2.45) is 0 Å². The molecule has 0 bridgehead atoms. The number of hydrogen-bond acceptors (Lipinski definition) is 5. The van der Waals surface area contributed by atoms with E-state index in [4.69, 9.17) is 4.42 Å². The van der Waals surface area contributed by atoms with Gasteiger partial charge in [-0.1, -0.05) is 0 Å². The van der Waals surface area contributed by atoms with E-state index in [-0.39, 0.29) is 6.04 Å². The molecule has 1 aliphatic heterocycles. The Morgan fingerprint density at radius 3 is 3.05 bits per heavy atom. The lowest BCUT2D eigenvalue weighted by molar-refractivity contribution is 0.150. The molecular weight excluding hydrogens is 242 g/mol. The van der Waals surface area contributed by atoms with Gasteiger partial charge in [0.25, 0.3) is 0 Å². The van der Waals surface area contributed by atoms with Crippen LogP contribution in [0.3, 0.4) is 0 Å². The Morgan fingerprint density at radius 1 is 1.47 bits per heavy atom. The van der Waals surface area contributed by atoms with Crippen LogP contribution in [0.2, 0.25) is 0 Å². The highest BCUT2D eigenvalue weighted by Gasteiger charge is 2.31. The van der Waals surface area contributed by atoms with Crippen molar-refractivity contribution in [1.29, 1.82) is 0 Å². The van der Waals surface area contributed by atoms with Crippen molar-refractivity contribution in [1.82, 2.24) is 24.9 Å². The monoisotopic (exact) mass is 261 g/mol. The standard InChI is InChI=1S/C13H19N5O/c1-10(13-16-15-11(2)19-13)18-8-3-5-12(18)9-17-7-4-6-14-17/h4,6-7,10,12H,3,5,8-9H2,1-2H3/t10-,12+/m0/s1. The first-order chi connectivity index (χ1) is 9.24. The lowest BCUT2D eigenvalue weighted by atomic mass is 10.2. The molecule has 0 unspecified atom stereocenters. The smallest absolute Gasteiger partial charge is 0.233 e. The summed E-state index contributed by atoms with van der Waals surface area (Å²) in [7, 11) is 0. The van der Waals surface area contributed by atoms with Crippen molar-refractivity contribution in [3.05, 3.63) is 30.2 Å². The Balaban J connectivity index is 1.72. The molecule has 1 aliphatic rings. The molecule has 3 heterocycles. The highest BCUT2D eigenvalue weighted by atomic mass is 16.4. The lowest BCUT2D eigenvalue weighted by Crippen LogP contribution is -2.35. The summed E-state index contributed by atoms with van der Waals surface area (Å²) in [6.45, 7) is 5.96. The van der Waals surface area contributed by atoms with Gasteiger partial charge in [-0.3, -0.25) is 9.58 Å². The molecule has 3 rings (SSSR count). The third kappa shape index (κ3) is 2.53. The minimum atomic E-state index is 0.171. The van der Waals surface area contributed by atoms with Crippen LogP contribution in [0.4, 0.5) is 0 Å². The lowest BCUT2D eigenvalue weighted by Gasteiger charge is -2.28. The number of likely N-dealkylation sites (tertiary alicyclic amines) is 1. The van der Waals surface area contributed by atoms with E-state index in [1.54, 1.807) is 0 Å². The fourth-order valence-electron chi connectivity index (χ4n) is 2.81. The van der Waals surface area contributed by atoms with Gasteiger partial charge in [0.1, 0.15) is 0 Å². The van der Waals surface area contributed by atoms with E-state index in [0.29, 0.717) is 17.8 Å². The summed E-state index contributed by atoms with van der Waals surface area (Å²) in [5.74, 6) is 1.34. The third-order valence-electron chi connectivity index (χ3n) is 3.78. The fraction of sp³-hybridized carbons (Fsp3) is 0.615. The van der Waals surface area contributed by atoms with E-state index in [2.05, 4.69) is 27.1 Å². The number of nitrogens with zero attached hydrogens (tertiary/aromatic N) is 5. The molecule has 6 nitrogen and oxygen atoms in total. The molecule has 0 N–H and O–H groups in total. The van der Waals surface area contributed by atoms with Gasteiger partial charge >= 0.3 is 0 Å². The average molecular weight is 261 g/mol. The quantitative estimate of drug-likeness (QED) is 0.840. The molecule has 0 aromatic carbocycles. The van der Waals surface area contributed by atoms with Crippen LogP contribution in [0.15, 0.2) is 22.9 Å². The third-order valence-corrected chi connectivity index (χ3v) is 3.78. The molecule has 2 atom stereocenters. The molecule has 19 heavy (non-hydrogen) atoms. The van der Waals surface area contributed by atoms with Crippen LogP contribution in [0.25, 0.3) is 0 Å². The van der Waals surface area contributed by atoms with E-state index in [1.165, 1.54) is 12.8 Å². The predicted molar refractivity (Wildman–Crippen MR) is 69.4 cm³/mol. The first-order valence-electron chi connectivity index (χ1n) is 6.77. The summed E-state index contributed by atoms with van der Waals surface area (Å²) in [5, 5.41) is 12.3. The summed E-state index contributed by atoms with van der Waals surface area (Å²) in [6.07, 6.45) is 6.24. The van der Waals surface area contributed by atoms with Crippen LogP contribution < -0.4 is 0 Å². The zero-order valence-electron chi connectivity index (χ0n) is 11.4. The largest absolute Gasteiger partial charge is 0.424 e. The summed E-state index contributed by atoms with van der Waals surface area (Å²) in [4.78, 5) is 2.44. The minimum absolute atomic E-state index is 0.171. The van der Waals surface area contributed by atoms with E-state index < -0.39 is 0 Å². The topological polar surface area (TPSA) is 60.0 Å². The van der Waals surface area contributed by atoms with E-state index in [1.807, 2.05) is 30.1 Å². The van der Waals surface area contributed by atoms with E-state index >= 15 is 0 Å². The van der Waals surface area contributed by atoms with Gasteiger partial charge in [0.05, 0.1) is 12.6 Å². The van der Waals surface area contributed by atoms with Gasteiger partial charge in [-0.25, -0.2) is 0 Å². The molecule has 2 aromatic rings. The van der Waals surface area contributed by atoms with Crippen LogP contribution in [0.1, 0.15) is 37.6 Å². The van der Waals surface area contributed by atoms with Crippen LogP contribution in [-0.2, 0) is 6.54 Å². The molecule has 0 spiro atoms. The summed E-state index contributed by atoms with van der Waals surface area (Å²) in [6, 6.07) is 2.62. The Labute approximate surface area is 112 Å². The second-order valence-electron chi connectivity index (χ2n) is 5.10. The fourth-order valence-corrected chi connectivity index (χ4v) is 2.81. The van der Waals surface area contributed by atoms with Crippen LogP contribution in [0, 0.1) is 6.92 Å². The normalized spacial score (nSPS) is 21.9. The van der Waals surface area contributed by atoms with Gasteiger partial charge in [0, 0.05) is 25.4 Å². The van der Waals surface area contributed by atoms with Gasteiger partial charge in [-0.2, -0.15) is 5.10 Å². The van der Waals surface area contributed by atoms with Crippen molar-refractivity contribution >= 4 is 0 Å². The first kappa shape index (κ1) is 12.3. The van der Waals surface area contributed by atoms with Crippen LogP contribution in [-0.4, -0.2) is 37.5 Å². The summed E-state index contributed by atoms with van der Waals surface area (Å²) >= 11 is 0. The maximum absolute atomic E-state index is 5.55. The van der Waals surface area contributed by atoms with Crippen LogP contribution >= 0.6 is 0 Å². The van der Waals surface area contributed by atoms with Gasteiger partial charge < -0.3 is 4.42 Å². The summed E-state index contributed by atoms with van der Waals surface area (Å²) in [5.41, 5.74) is 0. The molecule has 1 saturated heterocycles. The highest BCUT2D eigenvalue weighted by Crippen LogP contribution is 2.29. The molecule has 0 saturated carbocycles. The number of hydrogen-bond donors (Lipinski definition) is 0. The molecular formula is C13H19N5O. The minimum Gasteiger partial charge on any atom is -0.424 e. The average Bonchev–Trinajstić information content (AvgIpc) is 3.10. The van der Waals surface area contributed by atoms with E-state index in [9.17, 15) is 0 Å². The zero-order chi connectivity index (χ0) is 13.2. The Morgan fingerprint density at radius 2 is 2.37 bits per heavy atom. The number of rotatable bonds is 4. The highest BCUT2D eigenvalue weighted by molar-refractivity contribution is 4.93. The molecule has 1 fully saturated rings. The Bertz CT molecular complexity index is 521. The van der Waals surface area contributed by atoms with Crippen molar-refractivity contribution in [2.45, 2.75) is 45.3 Å². The van der Waals surface area contributed by atoms with Crippen LogP contribution in [0.5, 0.6) is 0 Å². The zero-order valence-corrected chi connectivity index (χ0v) is 11.4. The maximum Gasteiger partial charge on any atom is 0.233 e. The Kier molecular flexibility index (Phi) is 3.33. The van der Waals surface area contributed by atoms with Crippen molar-refractivity contribution in [3.63, 3.8) is 0 Å².